The molecule has 0 radical (unpaired) electrons. The lowest BCUT2D eigenvalue weighted by atomic mass is 10.1. The monoisotopic (exact) mass is 295 g/mol. The lowest BCUT2D eigenvalue weighted by Crippen LogP contribution is -2.28. The van der Waals surface area contributed by atoms with Gasteiger partial charge < -0.3 is 19.5 Å². The molecule has 1 aromatic rings. The molecule has 1 unspecified atom stereocenters. The van der Waals surface area contributed by atoms with Crippen molar-refractivity contribution in [3.8, 4) is 11.5 Å². The van der Waals surface area contributed by atoms with Gasteiger partial charge in [-0.15, -0.1) is 0 Å². The predicted molar refractivity (Wildman–Crippen MR) is 81.9 cm³/mol. The summed E-state index contributed by atoms with van der Waals surface area (Å²) < 4.78 is 15.9. The molecule has 0 bridgehead atoms. The maximum absolute atomic E-state index is 11.0. The molecule has 1 atom stereocenters. The van der Waals surface area contributed by atoms with Gasteiger partial charge in [0.05, 0.1) is 19.8 Å². The molecule has 5 heteroatoms. The van der Waals surface area contributed by atoms with E-state index in [2.05, 4.69) is 19.2 Å². The molecule has 0 spiro atoms. The third kappa shape index (κ3) is 7.44. The van der Waals surface area contributed by atoms with Crippen molar-refractivity contribution in [2.45, 2.75) is 27.2 Å². The van der Waals surface area contributed by atoms with Crippen molar-refractivity contribution < 1.29 is 19.0 Å². The fourth-order valence-electron chi connectivity index (χ4n) is 1.49. The third-order valence-corrected chi connectivity index (χ3v) is 2.97. The Bertz CT molecular complexity index is 405. The minimum Gasteiger partial charge on any atom is -0.493 e. The molecule has 0 aliphatic heterocycles. The number of carbonyl (C=O) groups is 1. The van der Waals surface area contributed by atoms with E-state index in [1.807, 2.05) is 24.3 Å². The summed E-state index contributed by atoms with van der Waals surface area (Å²) in [6, 6.07) is 7.49. The summed E-state index contributed by atoms with van der Waals surface area (Å²) in [5, 5.41) is 2.59. The minimum absolute atomic E-state index is 0.366. The highest BCUT2D eigenvalue weighted by atomic mass is 16.5. The first-order valence-corrected chi connectivity index (χ1v) is 7.42. The van der Waals surface area contributed by atoms with Gasteiger partial charge in [-0.2, -0.15) is 0 Å². The fourth-order valence-corrected chi connectivity index (χ4v) is 1.49. The molecule has 1 rings (SSSR count). The molecular weight excluding hydrogens is 270 g/mol. The van der Waals surface area contributed by atoms with E-state index in [1.54, 1.807) is 6.92 Å². The molecule has 0 aromatic heterocycles. The first kappa shape index (κ1) is 17.1. The summed E-state index contributed by atoms with van der Waals surface area (Å²) in [4.78, 5) is 11.0. The van der Waals surface area contributed by atoms with Gasteiger partial charge in [0.25, 0.3) is 0 Å². The van der Waals surface area contributed by atoms with E-state index in [-0.39, 0.29) is 0 Å². The molecule has 0 heterocycles. The van der Waals surface area contributed by atoms with Crippen molar-refractivity contribution in [1.29, 1.82) is 0 Å². The van der Waals surface area contributed by atoms with Crippen LogP contribution in [0.4, 0.5) is 4.79 Å². The summed E-state index contributed by atoms with van der Waals surface area (Å²) in [5.74, 6) is 2.14. The second-order valence-corrected chi connectivity index (χ2v) is 4.79. The zero-order valence-corrected chi connectivity index (χ0v) is 13.1. The van der Waals surface area contributed by atoms with Crippen LogP contribution in [-0.2, 0) is 4.74 Å². The Balaban J connectivity index is 2.23. The highest BCUT2D eigenvalue weighted by molar-refractivity contribution is 5.66. The normalized spacial score (nSPS) is 11.6. The van der Waals surface area contributed by atoms with Crippen LogP contribution in [0.1, 0.15) is 27.2 Å². The molecule has 0 aliphatic carbocycles. The van der Waals surface area contributed by atoms with Crippen LogP contribution in [0.2, 0.25) is 0 Å². The largest absolute Gasteiger partial charge is 0.493 e. The molecule has 1 N–H and O–H groups in total. The van der Waals surface area contributed by atoms with Gasteiger partial charge in [-0.3, -0.25) is 0 Å². The van der Waals surface area contributed by atoms with Crippen LogP contribution < -0.4 is 14.8 Å². The number of rotatable bonds is 9. The quantitative estimate of drug-likeness (QED) is 0.711. The van der Waals surface area contributed by atoms with Crippen LogP contribution in [0.5, 0.6) is 11.5 Å². The molecule has 1 amide bonds. The van der Waals surface area contributed by atoms with Crippen LogP contribution in [0.25, 0.3) is 0 Å². The van der Waals surface area contributed by atoms with Crippen molar-refractivity contribution in [2.24, 2.45) is 5.92 Å². The average Bonchev–Trinajstić information content (AvgIpc) is 2.50. The van der Waals surface area contributed by atoms with Gasteiger partial charge in [0.2, 0.25) is 0 Å². The Morgan fingerprint density at radius 3 is 2.33 bits per heavy atom. The van der Waals surface area contributed by atoms with Crippen LogP contribution in [-0.4, -0.2) is 32.5 Å². The van der Waals surface area contributed by atoms with E-state index in [4.69, 9.17) is 14.2 Å². The summed E-state index contributed by atoms with van der Waals surface area (Å²) >= 11 is 0. The third-order valence-electron chi connectivity index (χ3n) is 2.97. The van der Waals surface area contributed by atoms with Gasteiger partial charge in [0, 0.05) is 0 Å². The van der Waals surface area contributed by atoms with Crippen LogP contribution >= 0.6 is 0 Å². The standard InChI is InChI=1S/C16H25NO4/c1-4-13(3)12-21-15-8-6-14(7-9-15)20-11-10-17-16(18)19-5-2/h6-9,13H,4-5,10-12H2,1-3H3,(H,17,18). The van der Waals surface area contributed by atoms with Gasteiger partial charge >= 0.3 is 6.09 Å². The van der Waals surface area contributed by atoms with Gasteiger partial charge in [-0.05, 0) is 37.1 Å². The molecule has 1 aromatic carbocycles. The van der Waals surface area contributed by atoms with Gasteiger partial charge in [0.1, 0.15) is 18.1 Å². The zero-order valence-electron chi connectivity index (χ0n) is 13.1. The summed E-state index contributed by atoms with van der Waals surface area (Å²) in [7, 11) is 0. The Kier molecular flexibility index (Phi) is 8.09. The summed E-state index contributed by atoms with van der Waals surface area (Å²) in [5.41, 5.74) is 0. The Morgan fingerprint density at radius 1 is 1.14 bits per heavy atom. The van der Waals surface area contributed by atoms with Crippen molar-refractivity contribution in [3.05, 3.63) is 24.3 Å². The highest BCUT2D eigenvalue weighted by Crippen LogP contribution is 2.18. The van der Waals surface area contributed by atoms with Gasteiger partial charge in [-0.25, -0.2) is 4.79 Å². The lowest BCUT2D eigenvalue weighted by Gasteiger charge is -2.12. The molecular formula is C16H25NO4. The Morgan fingerprint density at radius 2 is 1.76 bits per heavy atom. The van der Waals surface area contributed by atoms with E-state index in [0.717, 1.165) is 24.5 Å². The van der Waals surface area contributed by atoms with E-state index >= 15 is 0 Å². The van der Waals surface area contributed by atoms with E-state index in [0.29, 0.717) is 25.7 Å². The fraction of sp³-hybridized carbons (Fsp3) is 0.562. The first-order valence-electron chi connectivity index (χ1n) is 7.42. The predicted octanol–water partition coefficient (Wildman–Crippen LogP) is 3.24. The molecule has 0 fully saturated rings. The second kappa shape index (κ2) is 9.91. The molecule has 0 saturated heterocycles. The minimum atomic E-state index is -0.421. The SMILES string of the molecule is CCOC(=O)NCCOc1ccc(OCC(C)CC)cc1. The number of hydrogen-bond donors (Lipinski definition) is 1. The molecule has 5 nitrogen and oxygen atoms in total. The van der Waals surface area contributed by atoms with E-state index in [1.165, 1.54) is 0 Å². The number of amides is 1. The number of benzene rings is 1. The first-order chi connectivity index (χ1) is 10.2. The molecule has 118 valence electrons. The van der Waals surface area contributed by atoms with E-state index < -0.39 is 6.09 Å². The molecule has 0 saturated carbocycles. The number of ether oxygens (including phenoxy) is 3. The molecule has 0 aliphatic rings. The summed E-state index contributed by atoms with van der Waals surface area (Å²) in [6.07, 6.45) is 0.684. The van der Waals surface area contributed by atoms with Crippen molar-refractivity contribution in [1.82, 2.24) is 5.32 Å². The van der Waals surface area contributed by atoms with Gasteiger partial charge in [0.15, 0.2) is 0 Å². The maximum Gasteiger partial charge on any atom is 0.407 e. The lowest BCUT2D eigenvalue weighted by molar-refractivity contribution is 0.150. The topological polar surface area (TPSA) is 56.8 Å². The van der Waals surface area contributed by atoms with Crippen LogP contribution in [0, 0.1) is 5.92 Å². The Hall–Kier alpha value is -1.91. The second-order valence-electron chi connectivity index (χ2n) is 4.79. The number of hydrogen-bond acceptors (Lipinski definition) is 4. The maximum atomic E-state index is 11.0. The number of carbonyl (C=O) groups excluding carboxylic acids is 1. The van der Waals surface area contributed by atoms with Crippen molar-refractivity contribution >= 4 is 6.09 Å². The molecule has 21 heavy (non-hydrogen) atoms. The van der Waals surface area contributed by atoms with Crippen molar-refractivity contribution in [3.63, 3.8) is 0 Å². The zero-order chi connectivity index (χ0) is 15.5. The van der Waals surface area contributed by atoms with Crippen molar-refractivity contribution in [2.75, 3.05) is 26.4 Å². The van der Waals surface area contributed by atoms with Gasteiger partial charge in [-0.1, -0.05) is 20.3 Å². The average molecular weight is 295 g/mol. The Labute approximate surface area is 126 Å². The van der Waals surface area contributed by atoms with Crippen LogP contribution in [0.3, 0.4) is 0 Å². The smallest absolute Gasteiger partial charge is 0.407 e. The number of alkyl carbamates (subject to hydrolysis) is 1. The summed E-state index contributed by atoms with van der Waals surface area (Å²) in [6.45, 7) is 7.96. The van der Waals surface area contributed by atoms with E-state index in [9.17, 15) is 4.79 Å². The number of nitrogens with one attached hydrogen (secondary N) is 1. The highest BCUT2D eigenvalue weighted by Gasteiger charge is 2.02. The van der Waals surface area contributed by atoms with Crippen LogP contribution in [0.15, 0.2) is 24.3 Å².